The largest absolute Gasteiger partial charge is 0.492 e. The summed E-state index contributed by atoms with van der Waals surface area (Å²) in [6.07, 6.45) is 3.20. The highest BCUT2D eigenvalue weighted by Gasteiger charge is 2.21. The minimum Gasteiger partial charge on any atom is -0.492 e. The second-order valence-corrected chi connectivity index (χ2v) is 5.86. The number of ether oxygens (including phenoxy) is 2. The highest BCUT2D eigenvalue weighted by molar-refractivity contribution is 5.92. The molecule has 25 heavy (non-hydrogen) atoms. The van der Waals surface area contributed by atoms with Gasteiger partial charge < -0.3 is 20.1 Å². The van der Waals surface area contributed by atoms with Crippen molar-refractivity contribution in [2.24, 2.45) is 5.92 Å². The molecule has 6 nitrogen and oxygen atoms in total. The summed E-state index contributed by atoms with van der Waals surface area (Å²) >= 11 is 0. The molecule has 0 saturated carbocycles. The summed E-state index contributed by atoms with van der Waals surface area (Å²) in [4.78, 5) is 16.6. The van der Waals surface area contributed by atoms with Crippen molar-refractivity contribution in [2.75, 3.05) is 30.5 Å². The molecule has 6 heteroatoms. The van der Waals surface area contributed by atoms with Crippen LogP contribution in [0.2, 0.25) is 0 Å². The predicted molar refractivity (Wildman–Crippen MR) is 97.3 cm³/mol. The van der Waals surface area contributed by atoms with Crippen LogP contribution in [0.1, 0.15) is 19.8 Å². The van der Waals surface area contributed by atoms with Gasteiger partial charge in [0, 0.05) is 19.1 Å². The molecular formula is C19H23N3O3. The summed E-state index contributed by atoms with van der Waals surface area (Å²) in [5.74, 6) is 1.53. The minimum atomic E-state index is 0.0182. The number of carbonyl (C=O) groups excluding carboxylic acids is 1. The lowest BCUT2D eigenvalue weighted by Gasteiger charge is -2.21. The summed E-state index contributed by atoms with van der Waals surface area (Å²) in [5.41, 5.74) is 1.55. The second kappa shape index (κ2) is 8.48. The van der Waals surface area contributed by atoms with E-state index in [-0.39, 0.29) is 11.8 Å². The van der Waals surface area contributed by atoms with Crippen LogP contribution in [0, 0.1) is 5.92 Å². The highest BCUT2D eigenvalue weighted by Crippen LogP contribution is 2.27. The Kier molecular flexibility index (Phi) is 5.85. The molecule has 1 aliphatic heterocycles. The molecule has 1 fully saturated rings. The van der Waals surface area contributed by atoms with E-state index in [0.717, 1.165) is 24.3 Å². The van der Waals surface area contributed by atoms with Gasteiger partial charge in [-0.2, -0.15) is 0 Å². The van der Waals surface area contributed by atoms with E-state index in [2.05, 4.69) is 15.6 Å². The maximum atomic E-state index is 12.2. The lowest BCUT2D eigenvalue weighted by molar-refractivity contribution is -0.122. The molecule has 1 saturated heterocycles. The normalized spacial score (nSPS) is 14.8. The van der Waals surface area contributed by atoms with Crippen molar-refractivity contribution < 1.29 is 14.3 Å². The van der Waals surface area contributed by atoms with E-state index in [1.165, 1.54) is 0 Å². The van der Waals surface area contributed by atoms with Gasteiger partial charge in [-0.1, -0.05) is 12.1 Å². The van der Waals surface area contributed by atoms with Crippen LogP contribution < -0.4 is 15.4 Å². The number of amides is 1. The Balaban J connectivity index is 1.61. The van der Waals surface area contributed by atoms with Crippen LogP contribution in [0.5, 0.6) is 5.75 Å². The smallest absolute Gasteiger partial charge is 0.227 e. The standard InChI is InChI=1S/C19H23N3O3/c1-2-25-17-6-4-3-5-16(17)22-18-8-7-15(13-20-18)21-19(23)14-9-11-24-12-10-14/h3-8,13-14H,2,9-12H2,1H3,(H,20,22)(H,21,23). The molecule has 1 aromatic carbocycles. The maximum absolute atomic E-state index is 12.2. The molecule has 0 unspecified atom stereocenters. The quantitative estimate of drug-likeness (QED) is 0.840. The summed E-state index contributed by atoms with van der Waals surface area (Å²) in [6, 6.07) is 11.4. The van der Waals surface area contributed by atoms with Crippen LogP contribution in [0.25, 0.3) is 0 Å². The van der Waals surface area contributed by atoms with Crippen LogP contribution in [-0.2, 0) is 9.53 Å². The molecule has 2 N–H and O–H groups in total. The number of anilines is 3. The topological polar surface area (TPSA) is 72.5 Å². The van der Waals surface area contributed by atoms with E-state index in [4.69, 9.17) is 9.47 Å². The van der Waals surface area contributed by atoms with Gasteiger partial charge in [0.15, 0.2) is 0 Å². The summed E-state index contributed by atoms with van der Waals surface area (Å²) in [5, 5.41) is 6.16. The molecule has 0 radical (unpaired) electrons. The third-order valence-electron chi connectivity index (χ3n) is 4.07. The Morgan fingerprint density at radius 1 is 1.24 bits per heavy atom. The van der Waals surface area contributed by atoms with Crippen LogP contribution in [0.3, 0.4) is 0 Å². The number of benzene rings is 1. The van der Waals surface area contributed by atoms with Crippen LogP contribution in [-0.4, -0.2) is 30.7 Å². The van der Waals surface area contributed by atoms with Gasteiger partial charge in [0.1, 0.15) is 11.6 Å². The van der Waals surface area contributed by atoms with Crippen molar-refractivity contribution in [3.63, 3.8) is 0 Å². The van der Waals surface area contributed by atoms with Gasteiger partial charge in [0.2, 0.25) is 5.91 Å². The van der Waals surface area contributed by atoms with Crippen LogP contribution in [0.15, 0.2) is 42.6 Å². The Bertz CT molecular complexity index is 697. The maximum Gasteiger partial charge on any atom is 0.227 e. The fourth-order valence-electron chi connectivity index (χ4n) is 2.74. The Hall–Kier alpha value is -2.60. The van der Waals surface area contributed by atoms with E-state index in [0.29, 0.717) is 31.3 Å². The van der Waals surface area contributed by atoms with Gasteiger partial charge >= 0.3 is 0 Å². The summed E-state index contributed by atoms with van der Waals surface area (Å²) in [6.45, 7) is 3.85. The number of carbonyl (C=O) groups is 1. The average molecular weight is 341 g/mol. The molecule has 1 aliphatic rings. The molecule has 2 aromatic rings. The number of pyridine rings is 1. The third-order valence-corrected chi connectivity index (χ3v) is 4.07. The molecule has 1 amide bonds. The first kappa shape index (κ1) is 17.2. The van der Waals surface area contributed by atoms with Gasteiger partial charge in [-0.15, -0.1) is 0 Å². The molecule has 0 spiro atoms. The lowest BCUT2D eigenvalue weighted by atomic mass is 9.99. The summed E-state index contributed by atoms with van der Waals surface area (Å²) in [7, 11) is 0. The summed E-state index contributed by atoms with van der Waals surface area (Å²) < 4.78 is 10.9. The number of hydrogen-bond donors (Lipinski definition) is 2. The third kappa shape index (κ3) is 4.70. The van der Waals surface area contributed by atoms with Crippen molar-refractivity contribution in [2.45, 2.75) is 19.8 Å². The van der Waals surface area contributed by atoms with Gasteiger partial charge in [0.25, 0.3) is 0 Å². The van der Waals surface area contributed by atoms with Crippen molar-refractivity contribution >= 4 is 23.1 Å². The van der Waals surface area contributed by atoms with E-state index in [1.807, 2.05) is 43.3 Å². The van der Waals surface area contributed by atoms with Crippen LogP contribution >= 0.6 is 0 Å². The van der Waals surface area contributed by atoms with E-state index in [9.17, 15) is 4.79 Å². The monoisotopic (exact) mass is 341 g/mol. The zero-order chi connectivity index (χ0) is 17.5. The van der Waals surface area contributed by atoms with Gasteiger partial charge in [0.05, 0.1) is 24.2 Å². The molecular weight excluding hydrogens is 318 g/mol. The van der Waals surface area contributed by atoms with Crippen molar-refractivity contribution in [1.29, 1.82) is 0 Å². The molecule has 0 atom stereocenters. The average Bonchev–Trinajstić information content (AvgIpc) is 2.66. The highest BCUT2D eigenvalue weighted by atomic mass is 16.5. The van der Waals surface area contributed by atoms with Crippen LogP contribution in [0.4, 0.5) is 17.2 Å². The number of nitrogens with one attached hydrogen (secondary N) is 2. The first-order valence-electron chi connectivity index (χ1n) is 8.60. The van der Waals surface area contributed by atoms with Gasteiger partial charge in [-0.05, 0) is 44.0 Å². The molecule has 3 rings (SSSR count). The first-order valence-corrected chi connectivity index (χ1v) is 8.60. The molecule has 2 heterocycles. The predicted octanol–water partition coefficient (Wildman–Crippen LogP) is 3.59. The number of para-hydroxylation sites is 2. The molecule has 0 bridgehead atoms. The number of rotatable bonds is 6. The van der Waals surface area contributed by atoms with Gasteiger partial charge in [-0.25, -0.2) is 4.98 Å². The number of nitrogens with zero attached hydrogens (tertiary/aromatic N) is 1. The first-order chi connectivity index (χ1) is 12.3. The zero-order valence-corrected chi connectivity index (χ0v) is 14.3. The fourth-order valence-corrected chi connectivity index (χ4v) is 2.74. The van der Waals surface area contributed by atoms with E-state index >= 15 is 0 Å². The van der Waals surface area contributed by atoms with E-state index < -0.39 is 0 Å². The molecule has 0 aliphatic carbocycles. The van der Waals surface area contributed by atoms with Crippen molar-refractivity contribution in [3.8, 4) is 5.75 Å². The van der Waals surface area contributed by atoms with E-state index in [1.54, 1.807) is 6.20 Å². The SMILES string of the molecule is CCOc1ccccc1Nc1ccc(NC(=O)C2CCOCC2)cn1. The van der Waals surface area contributed by atoms with Gasteiger partial charge in [-0.3, -0.25) is 4.79 Å². The number of hydrogen-bond acceptors (Lipinski definition) is 5. The molecule has 1 aromatic heterocycles. The minimum absolute atomic E-state index is 0.0182. The Morgan fingerprint density at radius 3 is 2.76 bits per heavy atom. The zero-order valence-electron chi connectivity index (χ0n) is 14.3. The molecule has 132 valence electrons. The van der Waals surface area contributed by atoms with Crippen molar-refractivity contribution in [3.05, 3.63) is 42.6 Å². The second-order valence-electron chi connectivity index (χ2n) is 5.86. The van der Waals surface area contributed by atoms with Crippen molar-refractivity contribution in [1.82, 2.24) is 4.98 Å². The Labute approximate surface area is 147 Å². The number of aromatic nitrogens is 1. The fraction of sp³-hybridized carbons (Fsp3) is 0.368. The Morgan fingerprint density at radius 2 is 2.04 bits per heavy atom. The lowest BCUT2D eigenvalue weighted by Crippen LogP contribution is -2.28.